The Labute approximate surface area is 273 Å². The molecule has 5 aromatic carbocycles. The van der Waals surface area contributed by atoms with Gasteiger partial charge in [-0.1, -0.05) is 117 Å². The first-order valence-electron chi connectivity index (χ1n) is 15.9. The van der Waals surface area contributed by atoms with Crippen molar-refractivity contribution < 1.29 is 0 Å². The minimum absolute atomic E-state index is 0.0331. The van der Waals surface area contributed by atoms with Gasteiger partial charge in [0.2, 0.25) is 0 Å². The minimum Gasteiger partial charge on any atom is -0.308 e. The van der Waals surface area contributed by atoms with E-state index in [0.717, 1.165) is 22.5 Å². The average molecular weight is 609 g/mol. The van der Waals surface area contributed by atoms with Crippen molar-refractivity contribution in [1.29, 1.82) is 0 Å². The van der Waals surface area contributed by atoms with Gasteiger partial charge in [-0.25, -0.2) is 4.98 Å². The number of para-hydroxylation sites is 1. The van der Waals surface area contributed by atoms with Gasteiger partial charge in [0.1, 0.15) is 0 Å². The van der Waals surface area contributed by atoms with E-state index in [-0.39, 0.29) is 5.41 Å². The molecule has 0 amide bonds. The van der Waals surface area contributed by atoms with E-state index in [1.807, 2.05) is 0 Å². The van der Waals surface area contributed by atoms with Crippen molar-refractivity contribution in [2.75, 3.05) is 0 Å². The molecule has 1 aliphatic heterocycles. The molecule has 3 heteroatoms. The smallest absolute Gasteiger partial charge is 0.0744 e. The van der Waals surface area contributed by atoms with Crippen molar-refractivity contribution in [2.24, 2.45) is 0 Å². The van der Waals surface area contributed by atoms with Crippen LogP contribution in [0.5, 0.6) is 0 Å². The van der Waals surface area contributed by atoms with Crippen LogP contribution in [0.4, 0.5) is 0 Å². The van der Waals surface area contributed by atoms with E-state index in [4.69, 9.17) is 4.98 Å². The lowest BCUT2D eigenvalue weighted by atomic mass is 9.76. The molecule has 46 heavy (non-hydrogen) atoms. The van der Waals surface area contributed by atoms with E-state index in [0.29, 0.717) is 0 Å². The zero-order chi connectivity index (χ0) is 31.0. The van der Waals surface area contributed by atoms with Crippen LogP contribution in [0.25, 0.3) is 72.3 Å². The number of hydrogen-bond donors (Lipinski definition) is 0. The SMILES string of the molecule is Cc1c(-c2ccccc2)cc(-c2cccc(-c3ccc4c(c3)c3cccc5c3n4-c3cscc3C5(C)C)c2)nc1-c1ccccc1. The third-order valence-electron chi connectivity index (χ3n) is 9.91. The second kappa shape index (κ2) is 10.1. The molecule has 0 atom stereocenters. The molecule has 0 N–H and O–H groups in total. The Bertz CT molecular complexity index is 2380. The Balaban J connectivity index is 1.22. The Kier molecular flexibility index (Phi) is 5.97. The molecule has 0 saturated heterocycles. The zero-order valence-electron chi connectivity index (χ0n) is 26.1. The standard InChI is InChI=1S/C43H32N2S/c1-27-34(28-12-6-4-7-13-28)24-38(44-41(27)29-14-8-5-9-15-29)32-17-10-16-30(22-32)31-20-21-39-35(23-31)33-18-11-19-36-42(33)45(39)40-26-46-25-37(40)43(36,2)3/h4-26H,1-3H3. The van der Waals surface area contributed by atoms with Gasteiger partial charge in [0.05, 0.1) is 28.1 Å². The maximum absolute atomic E-state index is 5.28. The van der Waals surface area contributed by atoms with Crippen molar-refractivity contribution in [3.8, 4) is 50.5 Å². The number of hydrogen-bond acceptors (Lipinski definition) is 2. The number of aromatic nitrogens is 2. The van der Waals surface area contributed by atoms with Crippen LogP contribution >= 0.6 is 11.3 Å². The Morgan fingerprint density at radius 3 is 2.09 bits per heavy atom. The van der Waals surface area contributed by atoms with Crippen molar-refractivity contribution in [3.63, 3.8) is 0 Å². The molecular formula is C43H32N2S. The molecule has 9 rings (SSSR count). The summed E-state index contributed by atoms with van der Waals surface area (Å²) in [4.78, 5) is 5.28. The fraction of sp³-hybridized carbons (Fsp3) is 0.0930. The van der Waals surface area contributed by atoms with Gasteiger partial charge in [-0.3, -0.25) is 0 Å². The second-order valence-corrected chi connectivity index (χ2v) is 13.6. The van der Waals surface area contributed by atoms with Crippen molar-refractivity contribution >= 4 is 33.1 Å². The lowest BCUT2D eigenvalue weighted by molar-refractivity contribution is 0.633. The maximum atomic E-state index is 5.28. The highest BCUT2D eigenvalue weighted by molar-refractivity contribution is 7.08. The molecule has 0 bridgehead atoms. The summed E-state index contributed by atoms with van der Waals surface area (Å²) >= 11 is 1.80. The maximum Gasteiger partial charge on any atom is 0.0744 e. The monoisotopic (exact) mass is 608 g/mol. The summed E-state index contributed by atoms with van der Waals surface area (Å²) in [6, 6.07) is 46.1. The normalized spacial score (nSPS) is 13.3. The van der Waals surface area contributed by atoms with E-state index < -0.39 is 0 Å². The van der Waals surface area contributed by atoms with Gasteiger partial charge in [0, 0.05) is 32.7 Å². The Morgan fingerprint density at radius 2 is 1.28 bits per heavy atom. The molecule has 4 heterocycles. The van der Waals surface area contributed by atoms with E-state index in [1.165, 1.54) is 66.4 Å². The van der Waals surface area contributed by atoms with Crippen LogP contribution in [-0.4, -0.2) is 9.55 Å². The summed E-state index contributed by atoms with van der Waals surface area (Å²) in [5.74, 6) is 0. The summed E-state index contributed by atoms with van der Waals surface area (Å²) in [7, 11) is 0. The molecule has 0 saturated carbocycles. The van der Waals surface area contributed by atoms with E-state index in [9.17, 15) is 0 Å². The zero-order valence-corrected chi connectivity index (χ0v) is 26.9. The Morgan fingerprint density at radius 1 is 0.587 bits per heavy atom. The molecule has 2 nitrogen and oxygen atoms in total. The summed E-state index contributed by atoms with van der Waals surface area (Å²) in [5, 5.41) is 7.25. The van der Waals surface area contributed by atoms with Crippen LogP contribution < -0.4 is 0 Å². The molecule has 220 valence electrons. The highest BCUT2D eigenvalue weighted by atomic mass is 32.1. The van der Waals surface area contributed by atoms with Gasteiger partial charge in [0.25, 0.3) is 0 Å². The first-order chi connectivity index (χ1) is 22.5. The molecule has 0 radical (unpaired) electrons. The number of fused-ring (bicyclic) bond motifs is 5. The third-order valence-corrected chi connectivity index (χ3v) is 10.6. The van der Waals surface area contributed by atoms with Crippen LogP contribution in [0.3, 0.4) is 0 Å². The van der Waals surface area contributed by atoms with Crippen LogP contribution in [0.15, 0.2) is 138 Å². The quantitative estimate of drug-likeness (QED) is 0.194. The predicted octanol–water partition coefficient (Wildman–Crippen LogP) is 11.9. The highest BCUT2D eigenvalue weighted by Crippen LogP contribution is 2.49. The molecule has 8 aromatic rings. The van der Waals surface area contributed by atoms with Gasteiger partial charge < -0.3 is 4.57 Å². The molecule has 0 fully saturated rings. The molecule has 1 aliphatic rings. The fourth-order valence-corrected chi connectivity index (χ4v) is 8.47. The number of thiophene rings is 1. The number of pyridine rings is 1. The van der Waals surface area contributed by atoms with Crippen molar-refractivity contribution in [1.82, 2.24) is 9.55 Å². The molecular weight excluding hydrogens is 577 g/mol. The second-order valence-electron chi connectivity index (χ2n) is 12.9. The van der Waals surface area contributed by atoms with Crippen molar-refractivity contribution in [3.05, 3.63) is 155 Å². The van der Waals surface area contributed by atoms with Crippen LogP contribution in [0.2, 0.25) is 0 Å². The Hall–Kier alpha value is -5.25. The first-order valence-corrected chi connectivity index (χ1v) is 16.8. The lowest BCUT2D eigenvalue weighted by Crippen LogP contribution is -2.24. The minimum atomic E-state index is -0.0331. The summed E-state index contributed by atoms with van der Waals surface area (Å²) in [6.07, 6.45) is 0. The number of rotatable bonds is 4. The topological polar surface area (TPSA) is 17.8 Å². The van der Waals surface area contributed by atoms with E-state index in [1.54, 1.807) is 11.3 Å². The lowest BCUT2D eigenvalue weighted by Gasteiger charge is -2.32. The van der Waals surface area contributed by atoms with Crippen LogP contribution in [0.1, 0.15) is 30.5 Å². The predicted molar refractivity (Wildman–Crippen MR) is 195 cm³/mol. The summed E-state index contributed by atoms with van der Waals surface area (Å²) in [6.45, 7) is 6.90. The molecule has 0 unspecified atom stereocenters. The number of nitrogens with zero attached hydrogens (tertiary/aromatic N) is 2. The largest absolute Gasteiger partial charge is 0.308 e. The third kappa shape index (κ3) is 3.98. The number of benzene rings is 5. The summed E-state index contributed by atoms with van der Waals surface area (Å²) in [5.41, 5.74) is 16.9. The van der Waals surface area contributed by atoms with Crippen LogP contribution in [0, 0.1) is 6.92 Å². The average Bonchev–Trinajstić information content (AvgIpc) is 3.72. The van der Waals surface area contributed by atoms with E-state index >= 15 is 0 Å². The first kappa shape index (κ1) is 27.1. The molecule has 0 aliphatic carbocycles. The van der Waals surface area contributed by atoms with Gasteiger partial charge in [-0.15, -0.1) is 11.3 Å². The van der Waals surface area contributed by atoms with Crippen LogP contribution in [-0.2, 0) is 5.41 Å². The van der Waals surface area contributed by atoms with E-state index in [2.05, 4.69) is 163 Å². The molecule has 3 aromatic heterocycles. The van der Waals surface area contributed by atoms with Gasteiger partial charge >= 0.3 is 0 Å². The van der Waals surface area contributed by atoms with Gasteiger partial charge in [-0.05, 0) is 75.5 Å². The van der Waals surface area contributed by atoms with Crippen molar-refractivity contribution in [2.45, 2.75) is 26.2 Å². The van der Waals surface area contributed by atoms with Gasteiger partial charge in [-0.2, -0.15) is 0 Å². The molecule has 0 spiro atoms. The summed E-state index contributed by atoms with van der Waals surface area (Å²) < 4.78 is 2.49. The van der Waals surface area contributed by atoms with Gasteiger partial charge in [0.15, 0.2) is 0 Å². The fourth-order valence-electron chi connectivity index (χ4n) is 7.49. The highest BCUT2D eigenvalue weighted by Gasteiger charge is 2.35.